The first kappa shape index (κ1) is 22.7. The van der Waals surface area contributed by atoms with Crippen molar-refractivity contribution in [2.24, 2.45) is 5.92 Å². The summed E-state index contributed by atoms with van der Waals surface area (Å²) in [6, 6.07) is 15.1. The third kappa shape index (κ3) is 4.52. The summed E-state index contributed by atoms with van der Waals surface area (Å²) in [5, 5.41) is 8.02. The molecule has 3 aromatic rings. The van der Waals surface area contributed by atoms with Crippen molar-refractivity contribution in [1.29, 1.82) is 4.78 Å². The molecule has 1 aliphatic heterocycles. The van der Waals surface area contributed by atoms with Gasteiger partial charge in [0.1, 0.15) is 0 Å². The second-order valence-electron chi connectivity index (χ2n) is 8.62. The van der Waals surface area contributed by atoms with Crippen molar-refractivity contribution >= 4 is 26.3 Å². The average Bonchev–Trinajstić information content (AvgIpc) is 3.35. The van der Waals surface area contributed by atoms with Gasteiger partial charge in [0.25, 0.3) is 5.92 Å². The Kier molecular flexibility index (Phi) is 6.27. The van der Waals surface area contributed by atoms with Crippen LogP contribution in [0.4, 0.5) is 14.5 Å². The lowest BCUT2D eigenvalue weighted by atomic mass is 9.87. The Hall–Kier alpha value is -2.45. The number of halogens is 2. The summed E-state index contributed by atoms with van der Waals surface area (Å²) < 4.78 is 49.6. The zero-order chi connectivity index (χ0) is 22.9. The predicted octanol–water partition coefficient (Wildman–Crippen LogP) is 5.49. The van der Waals surface area contributed by atoms with Crippen LogP contribution in [0, 0.1) is 10.7 Å². The molecular formula is C24H29F2N3O2S. The van der Waals surface area contributed by atoms with Gasteiger partial charge < -0.3 is 15.0 Å². The Morgan fingerprint density at radius 3 is 2.56 bits per heavy atom. The van der Waals surface area contributed by atoms with Crippen LogP contribution in [0.3, 0.4) is 0 Å². The van der Waals surface area contributed by atoms with Gasteiger partial charge in [0.2, 0.25) is 0 Å². The number of para-hydroxylation sites is 1. The number of aromatic amines is 1. The maximum absolute atomic E-state index is 13.9. The smallest absolute Gasteiger partial charge is 0.266 e. The summed E-state index contributed by atoms with van der Waals surface area (Å²) in [5.74, 6) is -1.98. The average molecular weight is 462 g/mol. The number of benzene rings is 2. The van der Waals surface area contributed by atoms with E-state index in [1.54, 1.807) is 23.1 Å². The Labute approximate surface area is 187 Å². The molecule has 1 atom stereocenters. The van der Waals surface area contributed by atoms with Crippen LogP contribution >= 0.6 is 0 Å². The first-order chi connectivity index (χ1) is 15.3. The molecule has 1 saturated carbocycles. The van der Waals surface area contributed by atoms with E-state index in [0.717, 1.165) is 48.5 Å². The Balaban J connectivity index is 0.00000119. The third-order valence-electron chi connectivity index (χ3n) is 6.37. The zero-order valence-corrected chi connectivity index (χ0v) is 18.9. The number of nitrogens with one attached hydrogen (secondary N) is 2. The van der Waals surface area contributed by atoms with Crippen molar-refractivity contribution in [2.75, 3.05) is 30.9 Å². The number of H-pyrrole nitrogens is 1. The molecule has 2 aliphatic rings. The first-order valence-corrected chi connectivity index (χ1v) is 12.6. The second-order valence-corrected chi connectivity index (χ2v) is 10.8. The van der Waals surface area contributed by atoms with Gasteiger partial charge in [-0.05, 0) is 49.1 Å². The number of alkyl halides is 2. The van der Waals surface area contributed by atoms with Crippen LogP contribution in [0.15, 0.2) is 53.4 Å². The van der Waals surface area contributed by atoms with Crippen molar-refractivity contribution in [2.45, 2.75) is 36.5 Å². The van der Waals surface area contributed by atoms with E-state index in [2.05, 4.69) is 4.98 Å². The maximum atomic E-state index is 13.9. The standard InChI is InChI=1S/C23H25F2N3OS.CH4O/c24-23(25)10-11-28(15-23)22-9-8-18(30(26,29)14-16-4-3-5-16)13-19(22)21-12-17-6-1-2-7-20(17)27-21;1-2/h1-2,6-9,12-13,16,26-27H,3-5,10-11,14-15H2;2H,1H3. The molecule has 1 unspecified atom stereocenters. The number of aliphatic hydroxyl groups is 1. The Morgan fingerprint density at radius 1 is 1.19 bits per heavy atom. The van der Waals surface area contributed by atoms with Gasteiger partial charge in [0.05, 0.1) is 16.3 Å². The molecule has 5 rings (SSSR count). The minimum absolute atomic E-state index is 0.169. The molecule has 5 nitrogen and oxygen atoms in total. The molecule has 0 radical (unpaired) electrons. The molecule has 172 valence electrons. The SMILES string of the molecule is CO.N=S(=O)(CC1CCC1)c1ccc(N2CCC(F)(F)C2)c(-c2cc3ccccc3[nH]2)c1. The number of anilines is 1. The fraction of sp³-hybridized carbons (Fsp3) is 0.417. The van der Waals surface area contributed by atoms with Crippen LogP contribution in [-0.4, -0.2) is 46.2 Å². The van der Waals surface area contributed by atoms with Crippen LogP contribution in [-0.2, 0) is 9.73 Å². The van der Waals surface area contributed by atoms with Gasteiger partial charge in [0.15, 0.2) is 0 Å². The molecule has 2 fully saturated rings. The van der Waals surface area contributed by atoms with Gasteiger partial charge in [0, 0.05) is 58.6 Å². The molecule has 32 heavy (non-hydrogen) atoms. The van der Waals surface area contributed by atoms with Gasteiger partial charge in [-0.2, -0.15) is 0 Å². The van der Waals surface area contributed by atoms with E-state index in [0.29, 0.717) is 22.3 Å². The Bertz CT molecular complexity index is 1170. The molecule has 8 heteroatoms. The lowest BCUT2D eigenvalue weighted by Crippen LogP contribution is -2.25. The van der Waals surface area contributed by atoms with Crippen molar-refractivity contribution in [1.82, 2.24) is 4.98 Å². The largest absolute Gasteiger partial charge is 0.400 e. The highest BCUT2D eigenvalue weighted by Crippen LogP contribution is 2.39. The zero-order valence-electron chi connectivity index (χ0n) is 18.1. The highest BCUT2D eigenvalue weighted by Gasteiger charge is 2.39. The van der Waals surface area contributed by atoms with Gasteiger partial charge in [-0.25, -0.2) is 17.8 Å². The highest BCUT2D eigenvalue weighted by molar-refractivity contribution is 7.92. The van der Waals surface area contributed by atoms with E-state index < -0.39 is 15.7 Å². The molecule has 3 N–H and O–H groups in total. The van der Waals surface area contributed by atoms with Gasteiger partial charge >= 0.3 is 0 Å². The van der Waals surface area contributed by atoms with Crippen molar-refractivity contribution in [3.05, 3.63) is 48.5 Å². The van der Waals surface area contributed by atoms with Crippen molar-refractivity contribution < 1.29 is 18.1 Å². The minimum atomic E-state index is -2.92. The lowest BCUT2D eigenvalue weighted by Gasteiger charge is -2.27. The second kappa shape index (κ2) is 8.83. The lowest BCUT2D eigenvalue weighted by molar-refractivity contribution is 0.0257. The molecule has 0 spiro atoms. The summed E-state index contributed by atoms with van der Waals surface area (Å²) in [6.07, 6.45) is 3.04. The minimum Gasteiger partial charge on any atom is -0.400 e. The molecule has 0 bridgehead atoms. The number of aliphatic hydroxyl groups excluding tert-OH is 1. The van der Waals surface area contributed by atoms with E-state index in [9.17, 15) is 13.0 Å². The molecule has 2 aromatic carbocycles. The van der Waals surface area contributed by atoms with E-state index in [4.69, 9.17) is 9.89 Å². The fourth-order valence-electron chi connectivity index (χ4n) is 4.46. The number of rotatable bonds is 5. The summed E-state index contributed by atoms with van der Waals surface area (Å²) in [6.45, 7) is -0.0458. The molecular weight excluding hydrogens is 432 g/mol. The number of hydrogen-bond donors (Lipinski definition) is 3. The Morgan fingerprint density at radius 2 is 1.94 bits per heavy atom. The highest BCUT2D eigenvalue weighted by atomic mass is 32.2. The predicted molar refractivity (Wildman–Crippen MR) is 125 cm³/mol. The monoisotopic (exact) mass is 461 g/mol. The summed E-state index contributed by atoms with van der Waals surface area (Å²) >= 11 is 0. The van der Waals surface area contributed by atoms with Gasteiger partial charge in [-0.15, -0.1) is 0 Å². The van der Waals surface area contributed by atoms with Crippen LogP contribution < -0.4 is 4.90 Å². The topological polar surface area (TPSA) is 80.2 Å². The molecule has 0 amide bonds. The molecule has 1 aliphatic carbocycles. The number of nitrogens with zero attached hydrogens (tertiary/aromatic N) is 1. The molecule has 1 aromatic heterocycles. The number of hydrogen-bond acceptors (Lipinski definition) is 4. The van der Waals surface area contributed by atoms with Gasteiger partial charge in [-0.1, -0.05) is 24.6 Å². The van der Waals surface area contributed by atoms with E-state index >= 15 is 0 Å². The summed E-state index contributed by atoms with van der Waals surface area (Å²) in [5.41, 5.74) is 3.18. The first-order valence-electron chi connectivity index (χ1n) is 10.9. The summed E-state index contributed by atoms with van der Waals surface area (Å²) in [7, 11) is -1.92. The molecule has 1 saturated heterocycles. The third-order valence-corrected chi connectivity index (χ3v) is 8.33. The van der Waals surface area contributed by atoms with Crippen molar-refractivity contribution in [3.63, 3.8) is 0 Å². The van der Waals surface area contributed by atoms with E-state index in [1.807, 2.05) is 30.3 Å². The molecule has 2 heterocycles. The fourth-order valence-corrected chi connectivity index (χ4v) is 6.25. The van der Waals surface area contributed by atoms with Crippen LogP contribution in [0.25, 0.3) is 22.2 Å². The van der Waals surface area contributed by atoms with Crippen LogP contribution in [0.5, 0.6) is 0 Å². The normalized spacial score (nSPS) is 19.8. The quantitative estimate of drug-likeness (QED) is 0.470. The number of aromatic nitrogens is 1. The summed E-state index contributed by atoms with van der Waals surface area (Å²) in [4.78, 5) is 5.55. The van der Waals surface area contributed by atoms with Crippen LogP contribution in [0.2, 0.25) is 0 Å². The van der Waals surface area contributed by atoms with Crippen LogP contribution in [0.1, 0.15) is 25.7 Å². The number of fused-ring (bicyclic) bond motifs is 1. The maximum Gasteiger partial charge on any atom is 0.266 e. The van der Waals surface area contributed by atoms with E-state index in [-0.39, 0.29) is 19.5 Å². The van der Waals surface area contributed by atoms with E-state index in [1.165, 1.54) is 0 Å². The van der Waals surface area contributed by atoms with Crippen molar-refractivity contribution in [3.8, 4) is 11.3 Å². The van der Waals surface area contributed by atoms with Gasteiger partial charge in [-0.3, -0.25) is 0 Å².